The Hall–Kier alpha value is -1.52. The van der Waals surface area contributed by atoms with Crippen molar-refractivity contribution in [3.8, 4) is 0 Å². The van der Waals surface area contributed by atoms with E-state index in [9.17, 15) is 9.59 Å². The predicted molar refractivity (Wildman–Crippen MR) is 90.3 cm³/mol. The summed E-state index contributed by atoms with van der Waals surface area (Å²) in [5.74, 6) is -0.924. The van der Waals surface area contributed by atoms with Crippen LogP contribution in [0.1, 0.15) is 15.9 Å². The molecule has 4 rings (SSSR count). The van der Waals surface area contributed by atoms with Crippen LogP contribution in [0.25, 0.3) is 21.5 Å². The number of ketones is 2. The molecule has 21 heavy (non-hydrogen) atoms. The van der Waals surface area contributed by atoms with E-state index in [1.54, 1.807) is 6.07 Å². The first kappa shape index (κ1) is 13.2. The van der Waals surface area contributed by atoms with E-state index >= 15 is 0 Å². The highest BCUT2D eigenvalue weighted by atomic mass is 79.9. The van der Waals surface area contributed by atoms with Crippen LogP contribution in [0.15, 0.2) is 48.5 Å². The number of alkyl halides is 2. The van der Waals surface area contributed by atoms with Crippen molar-refractivity contribution in [1.82, 2.24) is 0 Å². The van der Waals surface area contributed by atoms with Gasteiger partial charge in [-0.1, -0.05) is 74.3 Å². The van der Waals surface area contributed by atoms with E-state index in [2.05, 4.69) is 31.9 Å². The Kier molecular flexibility index (Phi) is 2.66. The zero-order valence-corrected chi connectivity index (χ0v) is 13.9. The maximum absolute atomic E-state index is 12.1. The summed E-state index contributed by atoms with van der Waals surface area (Å²) in [4.78, 5) is 24.3. The molecule has 0 saturated heterocycles. The molecule has 4 heteroatoms. The van der Waals surface area contributed by atoms with Gasteiger partial charge in [0.15, 0.2) is 3.23 Å². The lowest BCUT2D eigenvalue weighted by atomic mass is 9.96. The van der Waals surface area contributed by atoms with Gasteiger partial charge in [-0.3, -0.25) is 9.59 Å². The Balaban J connectivity index is 2.22. The summed E-state index contributed by atoms with van der Waals surface area (Å²) < 4.78 is -1.12. The highest BCUT2D eigenvalue weighted by Crippen LogP contribution is 2.50. The maximum Gasteiger partial charge on any atom is 0.235 e. The Morgan fingerprint density at radius 1 is 0.762 bits per heavy atom. The summed E-state index contributed by atoms with van der Waals surface area (Å²) in [7, 11) is 0. The van der Waals surface area contributed by atoms with E-state index in [1.165, 1.54) is 0 Å². The molecule has 102 valence electrons. The molecule has 0 aromatic heterocycles. The van der Waals surface area contributed by atoms with Gasteiger partial charge in [-0.2, -0.15) is 0 Å². The van der Waals surface area contributed by atoms with Crippen molar-refractivity contribution in [2.24, 2.45) is 0 Å². The second-order valence-corrected chi connectivity index (χ2v) is 8.55. The summed E-state index contributed by atoms with van der Waals surface area (Å²) in [5.41, 5.74) is 1.18. The molecular formula is C17H8Br2O2. The van der Waals surface area contributed by atoms with Crippen LogP contribution in [0.5, 0.6) is 0 Å². The molecule has 0 spiro atoms. The summed E-state index contributed by atoms with van der Waals surface area (Å²) >= 11 is 6.76. The molecule has 0 atom stereocenters. The normalized spacial score (nSPS) is 16.7. The van der Waals surface area contributed by atoms with Gasteiger partial charge in [0.05, 0.1) is 0 Å². The van der Waals surface area contributed by atoms with Crippen LogP contribution in [0.4, 0.5) is 0 Å². The average Bonchev–Trinajstić information content (AvgIpc) is 2.68. The number of carbonyl (C=O) groups is 2. The van der Waals surface area contributed by atoms with Gasteiger partial charge in [0.25, 0.3) is 0 Å². The smallest absolute Gasteiger partial charge is 0.235 e. The van der Waals surface area contributed by atoms with Gasteiger partial charge in [0, 0.05) is 11.1 Å². The fraction of sp³-hybridized carbons (Fsp3) is 0.0588. The average molecular weight is 404 g/mol. The number of rotatable bonds is 0. The molecule has 2 nitrogen and oxygen atoms in total. The van der Waals surface area contributed by atoms with Gasteiger partial charge in [-0.25, -0.2) is 0 Å². The van der Waals surface area contributed by atoms with E-state index in [1.807, 2.05) is 42.5 Å². The lowest BCUT2D eigenvalue weighted by Gasteiger charge is -2.15. The number of benzene rings is 3. The highest BCUT2D eigenvalue weighted by Gasteiger charge is 2.49. The first-order valence-electron chi connectivity index (χ1n) is 6.43. The number of halogens is 2. The number of carbonyl (C=O) groups excluding carboxylic acids is 2. The van der Waals surface area contributed by atoms with Crippen molar-refractivity contribution in [3.63, 3.8) is 0 Å². The van der Waals surface area contributed by atoms with Crippen LogP contribution in [0.3, 0.4) is 0 Å². The van der Waals surface area contributed by atoms with Crippen LogP contribution >= 0.6 is 31.9 Å². The largest absolute Gasteiger partial charge is 0.287 e. The summed E-state index contributed by atoms with van der Waals surface area (Å²) in [6.07, 6.45) is 0. The van der Waals surface area contributed by atoms with Gasteiger partial charge in [0.1, 0.15) is 0 Å². The molecule has 0 saturated carbocycles. The second kappa shape index (κ2) is 4.24. The molecule has 0 bridgehead atoms. The summed E-state index contributed by atoms with van der Waals surface area (Å²) in [5, 5.41) is 4.20. The van der Waals surface area contributed by atoms with Crippen molar-refractivity contribution in [1.29, 1.82) is 0 Å². The zero-order valence-electron chi connectivity index (χ0n) is 10.7. The van der Waals surface area contributed by atoms with E-state index in [0.717, 1.165) is 21.5 Å². The Bertz CT molecular complexity index is 958. The summed E-state index contributed by atoms with van der Waals surface area (Å²) in [6, 6.07) is 15.7. The van der Waals surface area contributed by atoms with Crippen LogP contribution in [0, 0.1) is 0 Å². The maximum atomic E-state index is 12.1. The molecule has 0 unspecified atom stereocenters. The minimum absolute atomic E-state index is 0.450. The Morgan fingerprint density at radius 2 is 1.48 bits per heavy atom. The van der Waals surface area contributed by atoms with E-state index in [4.69, 9.17) is 0 Å². The van der Waals surface area contributed by atoms with Crippen molar-refractivity contribution in [2.75, 3.05) is 0 Å². The lowest BCUT2D eigenvalue weighted by molar-refractivity contribution is -0.114. The monoisotopic (exact) mass is 402 g/mol. The van der Waals surface area contributed by atoms with Gasteiger partial charge in [0.2, 0.25) is 11.6 Å². The lowest BCUT2D eigenvalue weighted by Crippen LogP contribution is -2.20. The molecule has 3 aromatic carbocycles. The molecule has 1 aliphatic rings. The van der Waals surface area contributed by atoms with Crippen molar-refractivity contribution < 1.29 is 9.59 Å². The second-order valence-electron chi connectivity index (χ2n) is 5.10. The third-order valence-corrected chi connectivity index (χ3v) is 5.49. The van der Waals surface area contributed by atoms with Crippen molar-refractivity contribution in [2.45, 2.75) is 3.23 Å². The highest BCUT2D eigenvalue weighted by molar-refractivity contribution is 9.25. The molecule has 0 fully saturated rings. The molecular weight excluding hydrogens is 396 g/mol. The number of hydrogen-bond acceptors (Lipinski definition) is 2. The minimum atomic E-state index is -1.12. The van der Waals surface area contributed by atoms with E-state index < -0.39 is 14.8 Å². The Morgan fingerprint density at radius 3 is 2.29 bits per heavy atom. The quantitative estimate of drug-likeness (QED) is 0.309. The molecule has 0 N–H and O–H groups in total. The van der Waals surface area contributed by atoms with Gasteiger partial charge in [-0.05, 0) is 27.6 Å². The van der Waals surface area contributed by atoms with Crippen LogP contribution in [0.2, 0.25) is 0 Å². The molecule has 1 aliphatic carbocycles. The molecule has 0 amide bonds. The topological polar surface area (TPSA) is 34.1 Å². The molecule has 0 heterocycles. The zero-order chi connectivity index (χ0) is 14.8. The fourth-order valence-corrected chi connectivity index (χ4v) is 4.21. The number of hydrogen-bond donors (Lipinski definition) is 0. The van der Waals surface area contributed by atoms with Crippen LogP contribution in [-0.4, -0.2) is 11.6 Å². The molecule has 0 aliphatic heterocycles. The van der Waals surface area contributed by atoms with Gasteiger partial charge >= 0.3 is 0 Å². The van der Waals surface area contributed by atoms with E-state index in [-0.39, 0.29) is 0 Å². The predicted octanol–water partition coefficient (Wildman–Crippen LogP) is 4.70. The first-order chi connectivity index (χ1) is 10.0. The first-order valence-corrected chi connectivity index (χ1v) is 8.02. The SMILES string of the molecule is O=C1C(=O)C(Br)(Br)c2c1ccc1c2ccc2ccccc21. The molecule has 3 aromatic rings. The standard InChI is InChI=1S/C17H8Br2O2/c18-17(19)14-12-6-5-9-3-1-2-4-10(9)11(12)7-8-13(14)15(20)16(17)21/h1-8H. The third kappa shape index (κ3) is 1.63. The number of fused-ring (bicyclic) bond motifs is 5. The van der Waals surface area contributed by atoms with Crippen LogP contribution in [-0.2, 0) is 8.03 Å². The minimum Gasteiger partial charge on any atom is -0.287 e. The number of Topliss-reactive ketones (excluding diaryl/α,β-unsaturated/α-hetero) is 2. The van der Waals surface area contributed by atoms with Crippen LogP contribution < -0.4 is 0 Å². The molecule has 0 radical (unpaired) electrons. The Labute approximate surface area is 137 Å². The van der Waals surface area contributed by atoms with Crippen molar-refractivity contribution in [3.05, 3.63) is 59.7 Å². The third-order valence-electron chi connectivity index (χ3n) is 3.98. The van der Waals surface area contributed by atoms with Gasteiger partial charge in [-0.15, -0.1) is 0 Å². The van der Waals surface area contributed by atoms with E-state index in [0.29, 0.717) is 11.1 Å². The summed E-state index contributed by atoms with van der Waals surface area (Å²) in [6.45, 7) is 0. The van der Waals surface area contributed by atoms with Gasteiger partial charge < -0.3 is 0 Å². The fourth-order valence-electron chi connectivity index (χ4n) is 2.99. The van der Waals surface area contributed by atoms with Crippen molar-refractivity contribution >= 4 is 65.0 Å².